The minimum Gasteiger partial charge on any atom is -0.482 e. The number of rotatable bonds is 6. The van der Waals surface area contributed by atoms with E-state index in [1.54, 1.807) is 14.0 Å². The molecule has 1 rings (SSSR count). The normalized spacial score (nSPS) is 12.3. The van der Waals surface area contributed by atoms with Crippen molar-refractivity contribution in [2.45, 2.75) is 13.1 Å². The van der Waals surface area contributed by atoms with E-state index in [2.05, 4.69) is 15.4 Å². The second-order valence-corrected chi connectivity index (χ2v) is 4.93. The molecule has 0 heterocycles. The highest BCUT2D eigenvalue weighted by Crippen LogP contribution is 2.30. The SMILES string of the molecule is CNCC(C)C(=O)Nc1ccc(Cl)cc1OCC(F)(F)F.Cl. The van der Waals surface area contributed by atoms with Crippen LogP contribution in [0.4, 0.5) is 18.9 Å². The number of alkyl halides is 3. The topological polar surface area (TPSA) is 50.4 Å². The van der Waals surface area contributed by atoms with Gasteiger partial charge in [-0.1, -0.05) is 18.5 Å². The minimum absolute atomic E-state index is 0. The van der Waals surface area contributed by atoms with Crippen LogP contribution in [0.1, 0.15) is 6.92 Å². The Balaban J connectivity index is 0.00000441. The number of hydrogen-bond acceptors (Lipinski definition) is 3. The highest BCUT2D eigenvalue weighted by molar-refractivity contribution is 6.30. The van der Waals surface area contributed by atoms with Gasteiger partial charge in [-0.15, -0.1) is 12.4 Å². The smallest absolute Gasteiger partial charge is 0.422 e. The molecule has 1 unspecified atom stereocenters. The van der Waals surface area contributed by atoms with E-state index < -0.39 is 12.8 Å². The zero-order chi connectivity index (χ0) is 16.0. The molecule has 0 radical (unpaired) electrons. The Morgan fingerprint density at radius 1 is 1.41 bits per heavy atom. The van der Waals surface area contributed by atoms with Gasteiger partial charge >= 0.3 is 6.18 Å². The Hall–Kier alpha value is -1.18. The summed E-state index contributed by atoms with van der Waals surface area (Å²) in [5, 5.41) is 5.59. The fourth-order valence-corrected chi connectivity index (χ4v) is 1.70. The molecule has 22 heavy (non-hydrogen) atoms. The molecule has 0 saturated heterocycles. The van der Waals surface area contributed by atoms with Gasteiger partial charge in [0.1, 0.15) is 5.75 Å². The van der Waals surface area contributed by atoms with Crippen LogP contribution in [-0.2, 0) is 4.79 Å². The summed E-state index contributed by atoms with van der Waals surface area (Å²) in [6, 6.07) is 4.09. The molecular formula is C13H17Cl2F3N2O2. The number of benzene rings is 1. The Labute approximate surface area is 137 Å². The van der Waals surface area contributed by atoms with Gasteiger partial charge in [0.2, 0.25) is 5.91 Å². The molecule has 126 valence electrons. The van der Waals surface area contributed by atoms with E-state index in [0.717, 1.165) is 0 Å². The molecule has 2 N–H and O–H groups in total. The highest BCUT2D eigenvalue weighted by Gasteiger charge is 2.29. The fraction of sp³-hybridized carbons (Fsp3) is 0.462. The molecular weight excluding hydrogens is 344 g/mol. The average molecular weight is 361 g/mol. The number of amides is 1. The van der Waals surface area contributed by atoms with Gasteiger partial charge in [0.15, 0.2) is 6.61 Å². The predicted octanol–water partition coefficient (Wildman–Crippen LogP) is 3.50. The standard InChI is InChI=1S/C13H16ClF3N2O2.ClH/c1-8(6-18-2)12(20)19-10-4-3-9(14)5-11(10)21-7-13(15,16)17;/h3-5,8,18H,6-7H2,1-2H3,(H,19,20);1H. The zero-order valence-corrected chi connectivity index (χ0v) is 13.5. The lowest BCUT2D eigenvalue weighted by atomic mass is 10.1. The number of carbonyl (C=O) groups is 1. The van der Waals surface area contributed by atoms with Gasteiger partial charge in [-0.2, -0.15) is 13.2 Å². The lowest BCUT2D eigenvalue weighted by molar-refractivity contribution is -0.153. The summed E-state index contributed by atoms with van der Waals surface area (Å²) in [5.74, 6) is -0.797. The van der Waals surface area contributed by atoms with Gasteiger partial charge in [-0.25, -0.2) is 0 Å². The Morgan fingerprint density at radius 2 is 2.05 bits per heavy atom. The van der Waals surface area contributed by atoms with Crippen LogP contribution in [0, 0.1) is 5.92 Å². The maximum absolute atomic E-state index is 12.2. The van der Waals surface area contributed by atoms with Crippen molar-refractivity contribution in [3.63, 3.8) is 0 Å². The third kappa shape index (κ3) is 7.20. The summed E-state index contributed by atoms with van der Waals surface area (Å²) in [7, 11) is 1.70. The van der Waals surface area contributed by atoms with E-state index in [4.69, 9.17) is 11.6 Å². The van der Waals surface area contributed by atoms with Crippen molar-refractivity contribution in [2.24, 2.45) is 5.92 Å². The summed E-state index contributed by atoms with van der Waals surface area (Å²) < 4.78 is 41.3. The van der Waals surface area contributed by atoms with Crippen LogP contribution in [0.5, 0.6) is 5.75 Å². The number of ether oxygens (including phenoxy) is 1. The maximum atomic E-state index is 12.2. The molecule has 1 atom stereocenters. The monoisotopic (exact) mass is 360 g/mol. The quantitative estimate of drug-likeness (QED) is 0.816. The van der Waals surface area contributed by atoms with Crippen LogP contribution in [-0.4, -0.2) is 32.3 Å². The highest BCUT2D eigenvalue weighted by atomic mass is 35.5. The molecule has 1 aromatic carbocycles. The number of hydrogen-bond donors (Lipinski definition) is 2. The summed E-state index contributed by atoms with van der Waals surface area (Å²) in [6.45, 7) is 0.679. The minimum atomic E-state index is -4.47. The first-order valence-corrected chi connectivity index (χ1v) is 6.55. The first-order chi connectivity index (χ1) is 9.73. The Morgan fingerprint density at radius 3 is 2.59 bits per heavy atom. The van der Waals surface area contributed by atoms with Crippen molar-refractivity contribution in [1.82, 2.24) is 5.32 Å². The van der Waals surface area contributed by atoms with Crippen LogP contribution >= 0.6 is 24.0 Å². The number of anilines is 1. The first kappa shape index (κ1) is 20.8. The first-order valence-electron chi connectivity index (χ1n) is 6.17. The summed E-state index contributed by atoms with van der Waals surface area (Å²) in [4.78, 5) is 11.9. The molecule has 0 aliphatic heterocycles. The van der Waals surface area contributed by atoms with E-state index in [9.17, 15) is 18.0 Å². The summed E-state index contributed by atoms with van der Waals surface area (Å²) in [5.41, 5.74) is 0.150. The molecule has 1 amide bonds. The van der Waals surface area contributed by atoms with Crippen molar-refractivity contribution < 1.29 is 22.7 Å². The van der Waals surface area contributed by atoms with Crippen molar-refractivity contribution >= 4 is 35.6 Å². The molecule has 0 fully saturated rings. The number of nitrogens with one attached hydrogen (secondary N) is 2. The van der Waals surface area contributed by atoms with Gasteiger partial charge in [0.05, 0.1) is 5.69 Å². The molecule has 9 heteroatoms. The zero-order valence-electron chi connectivity index (χ0n) is 12.0. The lowest BCUT2D eigenvalue weighted by Crippen LogP contribution is -2.29. The van der Waals surface area contributed by atoms with Gasteiger partial charge in [-0.3, -0.25) is 4.79 Å². The van der Waals surface area contributed by atoms with E-state index in [1.165, 1.54) is 18.2 Å². The van der Waals surface area contributed by atoms with Gasteiger partial charge in [0, 0.05) is 23.6 Å². The van der Waals surface area contributed by atoms with Gasteiger partial charge in [0.25, 0.3) is 0 Å². The maximum Gasteiger partial charge on any atom is 0.422 e. The van der Waals surface area contributed by atoms with Crippen LogP contribution in [0.15, 0.2) is 18.2 Å². The molecule has 0 bridgehead atoms. The number of carbonyl (C=O) groups excluding carboxylic acids is 1. The van der Waals surface area contributed by atoms with Gasteiger partial charge < -0.3 is 15.4 Å². The molecule has 4 nitrogen and oxygen atoms in total. The van der Waals surface area contributed by atoms with E-state index >= 15 is 0 Å². The van der Waals surface area contributed by atoms with Crippen molar-refractivity contribution in [2.75, 3.05) is 25.5 Å². The molecule has 0 aliphatic carbocycles. The van der Waals surface area contributed by atoms with Crippen LogP contribution < -0.4 is 15.4 Å². The predicted molar refractivity (Wildman–Crippen MR) is 82.0 cm³/mol. The largest absolute Gasteiger partial charge is 0.482 e. The third-order valence-corrected chi connectivity index (χ3v) is 2.79. The van der Waals surface area contributed by atoms with E-state index in [-0.39, 0.29) is 40.7 Å². The van der Waals surface area contributed by atoms with Crippen LogP contribution in [0.3, 0.4) is 0 Å². The summed E-state index contributed by atoms with van der Waals surface area (Å²) in [6.07, 6.45) is -4.47. The van der Waals surface area contributed by atoms with Crippen LogP contribution in [0.25, 0.3) is 0 Å². The molecule has 0 spiro atoms. The molecule has 0 saturated carbocycles. The molecule has 1 aromatic rings. The lowest BCUT2D eigenvalue weighted by Gasteiger charge is -2.16. The second-order valence-electron chi connectivity index (χ2n) is 4.49. The fourth-order valence-electron chi connectivity index (χ4n) is 1.53. The van der Waals surface area contributed by atoms with E-state index in [0.29, 0.717) is 6.54 Å². The average Bonchev–Trinajstić information content (AvgIpc) is 2.38. The van der Waals surface area contributed by atoms with E-state index in [1.807, 2.05) is 0 Å². The second kappa shape index (κ2) is 9.07. The number of halogens is 5. The van der Waals surface area contributed by atoms with Gasteiger partial charge in [-0.05, 0) is 19.2 Å². The Bertz CT molecular complexity index is 499. The van der Waals surface area contributed by atoms with Crippen molar-refractivity contribution in [1.29, 1.82) is 0 Å². The van der Waals surface area contributed by atoms with Crippen LogP contribution in [0.2, 0.25) is 5.02 Å². The third-order valence-electron chi connectivity index (χ3n) is 2.55. The summed E-state index contributed by atoms with van der Waals surface area (Å²) >= 11 is 5.73. The Kier molecular flexibility index (Phi) is 8.58. The van der Waals surface area contributed by atoms with Crippen molar-refractivity contribution in [3.05, 3.63) is 23.2 Å². The molecule has 0 aliphatic rings. The van der Waals surface area contributed by atoms with Crippen molar-refractivity contribution in [3.8, 4) is 5.75 Å². The molecule has 0 aromatic heterocycles.